The molecule has 0 bridgehead atoms. The Balaban J connectivity index is 1.79. The molecule has 10 nitrogen and oxygen atoms in total. The number of nitrogens with zero attached hydrogens (tertiary/aromatic N) is 4. The maximum atomic E-state index is 11.6. The molecule has 0 aliphatic carbocycles. The molecule has 0 aliphatic heterocycles. The number of aromatic nitrogens is 2. The zero-order chi connectivity index (χ0) is 24.3. The first-order valence-corrected chi connectivity index (χ1v) is 14.1. The molecule has 2 N–H and O–H groups in total. The minimum Gasteiger partial charge on any atom is -0.282 e. The van der Waals surface area contributed by atoms with Crippen molar-refractivity contribution in [3.05, 3.63) is 80.7 Å². The Morgan fingerprint density at radius 3 is 1.44 bits per heavy atom. The van der Waals surface area contributed by atoms with Gasteiger partial charge in [-0.1, -0.05) is 12.1 Å². The van der Waals surface area contributed by atoms with Gasteiger partial charge in [-0.3, -0.25) is 9.11 Å². The molecule has 34 heavy (non-hydrogen) atoms. The summed E-state index contributed by atoms with van der Waals surface area (Å²) in [5, 5.41) is 13.5. The van der Waals surface area contributed by atoms with Crippen molar-refractivity contribution in [2.24, 2.45) is 10.2 Å². The van der Waals surface area contributed by atoms with E-state index in [-0.39, 0.29) is 21.2 Å². The maximum Gasteiger partial charge on any atom is 0.294 e. The smallest absolute Gasteiger partial charge is 0.282 e. The summed E-state index contributed by atoms with van der Waals surface area (Å²) < 4.78 is 65.5. The lowest BCUT2D eigenvalue weighted by atomic mass is 10.1. The fourth-order valence-electron chi connectivity index (χ4n) is 3.01. The molecule has 2 aromatic carbocycles. The van der Waals surface area contributed by atoms with E-state index in [2.05, 4.69) is 20.2 Å². The van der Waals surface area contributed by atoms with Crippen LogP contribution in [-0.2, 0) is 33.1 Å². The van der Waals surface area contributed by atoms with Crippen molar-refractivity contribution >= 4 is 54.3 Å². The topological polar surface area (TPSA) is 159 Å². The van der Waals surface area contributed by atoms with Gasteiger partial charge in [-0.2, -0.15) is 27.1 Å². The summed E-state index contributed by atoms with van der Waals surface area (Å²) in [7, 11) is -8.98. The molecular formula is C20H16N4O6S4. The van der Waals surface area contributed by atoms with Crippen LogP contribution in [0.15, 0.2) is 79.6 Å². The Hall–Kier alpha value is -2.88. The molecule has 0 saturated heterocycles. The van der Waals surface area contributed by atoms with E-state index >= 15 is 0 Å². The van der Waals surface area contributed by atoms with Gasteiger partial charge in [-0.05, 0) is 35.4 Å². The van der Waals surface area contributed by atoms with Gasteiger partial charge in [0.25, 0.3) is 20.2 Å². The minimum atomic E-state index is -4.49. The van der Waals surface area contributed by atoms with Crippen LogP contribution in [0.1, 0.15) is 21.1 Å². The van der Waals surface area contributed by atoms with E-state index in [1.165, 1.54) is 59.1 Å². The van der Waals surface area contributed by atoms with Crippen LogP contribution in [0.3, 0.4) is 0 Å². The van der Waals surface area contributed by atoms with Crippen molar-refractivity contribution in [3.63, 3.8) is 0 Å². The number of azo groups is 1. The Bertz CT molecular complexity index is 1430. The molecule has 4 aromatic rings. The summed E-state index contributed by atoms with van der Waals surface area (Å²) in [5.74, 6) is 0. The summed E-state index contributed by atoms with van der Waals surface area (Å²) in [6.07, 6.45) is 3.96. The first-order valence-electron chi connectivity index (χ1n) is 9.49. The molecule has 14 heteroatoms. The second kappa shape index (κ2) is 9.77. The lowest BCUT2D eigenvalue weighted by molar-refractivity contribution is 0.481. The van der Waals surface area contributed by atoms with Crippen molar-refractivity contribution in [1.29, 1.82) is 0 Å². The lowest BCUT2D eigenvalue weighted by Crippen LogP contribution is -1.99. The largest absolute Gasteiger partial charge is 0.294 e. The minimum absolute atomic E-state index is 0.155. The van der Waals surface area contributed by atoms with Crippen LogP contribution in [0.5, 0.6) is 0 Å². The molecule has 0 spiro atoms. The van der Waals surface area contributed by atoms with E-state index in [9.17, 15) is 25.9 Å². The molecule has 2 aromatic heterocycles. The second-order valence-corrected chi connectivity index (χ2v) is 11.7. The third kappa shape index (κ3) is 5.97. The van der Waals surface area contributed by atoms with Gasteiger partial charge in [0.2, 0.25) is 0 Å². The Morgan fingerprint density at radius 2 is 1.12 bits per heavy atom. The van der Waals surface area contributed by atoms with Crippen molar-refractivity contribution < 1.29 is 25.9 Å². The van der Waals surface area contributed by atoms with E-state index in [0.29, 0.717) is 24.0 Å². The summed E-state index contributed by atoms with van der Waals surface area (Å²) in [6.45, 7) is 0. The summed E-state index contributed by atoms with van der Waals surface area (Å²) >= 11 is 2.82. The summed E-state index contributed by atoms with van der Waals surface area (Å²) in [5.41, 5.74) is 1.50. The molecule has 176 valence electrons. The highest BCUT2D eigenvalue weighted by Crippen LogP contribution is 2.31. The van der Waals surface area contributed by atoms with Gasteiger partial charge in [-0.25, -0.2) is 9.97 Å². The van der Waals surface area contributed by atoms with E-state index in [0.717, 1.165) is 10.0 Å². The molecule has 0 unspecified atom stereocenters. The van der Waals surface area contributed by atoms with Crippen molar-refractivity contribution in [2.75, 3.05) is 0 Å². The molecule has 0 atom stereocenters. The molecular weight excluding hydrogens is 521 g/mol. The van der Waals surface area contributed by atoms with Crippen molar-refractivity contribution in [1.82, 2.24) is 9.97 Å². The molecule has 0 radical (unpaired) electrons. The average molecular weight is 537 g/mol. The predicted octanol–water partition coefficient (Wildman–Crippen LogP) is 4.69. The highest BCUT2D eigenvalue weighted by molar-refractivity contribution is 7.86. The van der Waals surface area contributed by atoms with E-state index < -0.39 is 20.2 Å². The molecule has 4 rings (SSSR count). The van der Waals surface area contributed by atoms with Crippen LogP contribution in [0.4, 0.5) is 11.4 Å². The zero-order valence-electron chi connectivity index (χ0n) is 17.1. The fourth-order valence-corrected chi connectivity index (χ4v) is 5.29. The normalized spacial score (nSPS) is 12.4. The molecule has 0 amide bonds. The Morgan fingerprint density at radius 1 is 0.706 bits per heavy atom. The average Bonchev–Trinajstić information content (AvgIpc) is 3.46. The van der Waals surface area contributed by atoms with Gasteiger partial charge in [0.1, 0.15) is 0 Å². The Labute approximate surface area is 203 Å². The molecule has 0 fully saturated rings. The lowest BCUT2D eigenvalue weighted by Gasteiger charge is -2.08. The van der Waals surface area contributed by atoms with Crippen LogP contribution in [0.25, 0.3) is 0 Å². The number of hydrogen-bond donors (Lipinski definition) is 2. The number of benzene rings is 2. The van der Waals surface area contributed by atoms with E-state index in [1.807, 2.05) is 0 Å². The van der Waals surface area contributed by atoms with Crippen LogP contribution in [-0.4, -0.2) is 35.9 Å². The van der Waals surface area contributed by atoms with Gasteiger partial charge >= 0.3 is 0 Å². The highest BCUT2D eigenvalue weighted by Gasteiger charge is 2.16. The molecule has 0 aliphatic rings. The van der Waals surface area contributed by atoms with Crippen molar-refractivity contribution in [3.8, 4) is 0 Å². The van der Waals surface area contributed by atoms with E-state index in [1.54, 1.807) is 23.2 Å². The van der Waals surface area contributed by atoms with Crippen LogP contribution < -0.4 is 0 Å². The van der Waals surface area contributed by atoms with Gasteiger partial charge in [0, 0.05) is 36.0 Å². The standard InChI is InChI=1S/C20H16N4O6S4/c25-33(26,27)15-3-1-13(9-19-21-5-7-31-19)17(11-15)23-24-18-12-16(34(28,29)30)4-2-14(18)10-20-22-6-8-32-20/h1-8,11-12H,9-10H2,(H,25,26,27)(H,28,29,30). The first-order chi connectivity index (χ1) is 16.1. The first kappa shape index (κ1) is 24.3. The van der Waals surface area contributed by atoms with Gasteiger partial charge in [0.05, 0.1) is 31.2 Å². The van der Waals surface area contributed by atoms with Crippen LogP contribution >= 0.6 is 22.7 Å². The maximum absolute atomic E-state index is 11.6. The predicted molar refractivity (Wildman–Crippen MR) is 127 cm³/mol. The molecule has 0 saturated carbocycles. The summed E-state index contributed by atoms with van der Waals surface area (Å²) in [4.78, 5) is 7.71. The fraction of sp³-hybridized carbons (Fsp3) is 0.100. The summed E-state index contributed by atoms with van der Waals surface area (Å²) in [6, 6.07) is 7.87. The second-order valence-electron chi connectivity index (χ2n) is 6.94. The van der Waals surface area contributed by atoms with E-state index in [4.69, 9.17) is 0 Å². The zero-order valence-corrected chi connectivity index (χ0v) is 20.4. The SMILES string of the molecule is O=S(=O)(O)c1ccc(Cc2nccs2)c(N=Nc2cc(S(=O)(=O)O)ccc2Cc2nccs2)c1. The number of hydrogen-bond acceptors (Lipinski definition) is 10. The molecule has 2 heterocycles. The van der Waals surface area contributed by atoms with Crippen molar-refractivity contribution in [2.45, 2.75) is 22.6 Å². The Kier molecular flexibility index (Phi) is 6.97. The quantitative estimate of drug-likeness (QED) is 0.242. The monoisotopic (exact) mass is 536 g/mol. The van der Waals surface area contributed by atoms with Gasteiger partial charge in [-0.15, -0.1) is 22.7 Å². The van der Waals surface area contributed by atoms with Crippen LogP contribution in [0.2, 0.25) is 0 Å². The number of rotatable bonds is 8. The number of thiazole rings is 2. The highest BCUT2D eigenvalue weighted by atomic mass is 32.2. The third-order valence-corrected chi connectivity index (χ3v) is 7.88. The van der Waals surface area contributed by atoms with Crippen LogP contribution in [0, 0.1) is 0 Å². The third-order valence-electron chi connectivity index (χ3n) is 4.62. The van der Waals surface area contributed by atoms with Gasteiger partial charge < -0.3 is 0 Å². The van der Waals surface area contributed by atoms with Gasteiger partial charge in [0.15, 0.2) is 0 Å².